The molecule has 0 aliphatic carbocycles. The van der Waals surface area contributed by atoms with Crippen LogP contribution in [-0.4, -0.2) is 42.1 Å². The Morgan fingerprint density at radius 1 is 1.42 bits per heavy atom. The molecule has 11 heteroatoms. The van der Waals surface area contributed by atoms with E-state index in [1.54, 1.807) is 16.0 Å². The van der Waals surface area contributed by atoms with Crippen molar-refractivity contribution in [1.29, 1.82) is 0 Å². The Labute approximate surface area is 145 Å². The van der Waals surface area contributed by atoms with Crippen LogP contribution in [0.2, 0.25) is 0 Å². The average molecular weight is 365 g/mol. The van der Waals surface area contributed by atoms with Gasteiger partial charge in [-0.2, -0.15) is 0 Å². The van der Waals surface area contributed by atoms with Crippen LogP contribution >= 0.6 is 23.1 Å². The third-order valence-corrected chi connectivity index (χ3v) is 4.72. The molecule has 3 rings (SSSR count). The van der Waals surface area contributed by atoms with Crippen molar-refractivity contribution in [3.8, 4) is 0 Å². The Balaban J connectivity index is 1.53. The number of aromatic nitrogens is 6. The number of hydrogen-bond donors (Lipinski definition) is 1. The summed E-state index contributed by atoms with van der Waals surface area (Å²) in [4.78, 5) is 13.1. The summed E-state index contributed by atoms with van der Waals surface area (Å²) in [6, 6.07) is 4.08. The molecule has 0 spiro atoms. The van der Waals surface area contributed by atoms with Gasteiger partial charge in [-0.3, -0.25) is 10.1 Å². The van der Waals surface area contributed by atoms with Gasteiger partial charge >= 0.3 is 6.01 Å². The van der Waals surface area contributed by atoms with Gasteiger partial charge in [0.25, 0.3) is 0 Å². The van der Waals surface area contributed by atoms with Crippen molar-refractivity contribution in [1.82, 2.24) is 30.4 Å². The molecule has 0 bridgehead atoms. The van der Waals surface area contributed by atoms with Gasteiger partial charge in [0, 0.05) is 10.8 Å². The zero-order valence-corrected chi connectivity index (χ0v) is 14.7. The van der Waals surface area contributed by atoms with Crippen molar-refractivity contribution in [2.45, 2.75) is 31.5 Å². The molecule has 3 aromatic heterocycles. The highest BCUT2D eigenvalue weighted by molar-refractivity contribution is 7.99. The minimum Gasteiger partial charge on any atom is -0.408 e. The normalized spacial score (nSPS) is 11.1. The van der Waals surface area contributed by atoms with Crippen LogP contribution < -0.4 is 5.32 Å². The summed E-state index contributed by atoms with van der Waals surface area (Å²) in [5, 5.41) is 24.3. The highest BCUT2D eigenvalue weighted by atomic mass is 32.2. The Morgan fingerprint density at radius 3 is 3.00 bits per heavy atom. The van der Waals surface area contributed by atoms with E-state index >= 15 is 0 Å². The van der Waals surface area contributed by atoms with E-state index in [0.717, 1.165) is 4.88 Å². The number of rotatable bonds is 7. The maximum atomic E-state index is 12.0. The lowest BCUT2D eigenvalue weighted by atomic mass is 10.2. The van der Waals surface area contributed by atoms with Gasteiger partial charge < -0.3 is 4.42 Å². The van der Waals surface area contributed by atoms with Crippen molar-refractivity contribution in [2.24, 2.45) is 0 Å². The molecular weight excluding hydrogens is 350 g/mol. The van der Waals surface area contributed by atoms with E-state index in [2.05, 4.69) is 31.0 Å². The fourth-order valence-electron chi connectivity index (χ4n) is 1.75. The molecule has 0 fully saturated rings. The first-order chi connectivity index (χ1) is 11.6. The molecule has 3 aromatic rings. The lowest BCUT2D eigenvalue weighted by Gasteiger charge is -2.02. The van der Waals surface area contributed by atoms with E-state index < -0.39 is 0 Å². The van der Waals surface area contributed by atoms with E-state index in [-0.39, 0.29) is 23.6 Å². The van der Waals surface area contributed by atoms with Gasteiger partial charge in [-0.25, -0.2) is 4.68 Å². The molecule has 9 nitrogen and oxygen atoms in total. The van der Waals surface area contributed by atoms with Gasteiger partial charge in [0.1, 0.15) is 0 Å². The van der Waals surface area contributed by atoms with Crippen LogP contribution in [0.15, 0.2) is 27.1 Å². The summed E-state index contributed by atoms with van der Waals surface area (Å²) < 4.78 is 7.00. The van der Waals surface area contributed by atoms with Crippen LogP contribution in [-0.2, 0) is 11.3 Å². The van der Waals surface area contributed by atoms with Gasteiger partial charge in [-0.05, 0) is 21.9 Å². The fraction of sp³-hybridized carbons (Fsp3) is 0.385. The van der Waals surface area contributed by atoms with Gasteiger partial charge in [-0.1, -0.05) is 36.8 Å². The van der Waals surface area contributed by atoms with Crippen LogP contribution in [0.5, 0.6) is 0 Å². The molecule has 0 atom stereocenters. The number of hydrogen-bond acceptors (Lipinski definition) is 9. The minimum absolute atomic E-state index is 0.0995. The Morgan fingerprint density at radius 2 is 2.29 bits per heavy atom. The van der Waals surface area contributed by atoms with Gasteiger partial charge in [0.15, 0.2) is 0 Å². The molecule has 0 saturated heterocycles. The molecule has 0 aliphatic rings. The predicted molar refractivity (Wildman–Crippen MR) is 89.0 cm³/mol. The highest BCUT2D eigenvalue weighted by Gasteiger charge is 2.14. The van der Waals surface area contributed by atoms with Gasteiger partial charge in [0.2, 0.25) is 17.0 Å². The van der Waals surface area contributed by atoms with Gasteiger partial charge in [-0.15, -0.1) is 21.5 Å². The predicted octanol–water partition coefficient (Wildman–Crippen LogP) is 2.02. The lowest BCUT2D eigenvalue weighted by Crippen LogP contribution is -2.15. The van der Waals surface area contributed by atoms with Crippen LogP contribution in [0.4, 0.5) is 6.01 Å². The van der Waals surface area contributed by atoms with Crippen molar-refractivity contribution >= 4 is 35.0 Å². The number of anilines is 1. The third kappa shape index (κ3) is 4.17. The standard InChI is InChI=1S/C13H15N7O2S2/c1-8(2)11-15-16-12(22-11)14-10(21)7-24-13-17-18-19-20(13)6-9-4-3-5-23-9/h3-5,8H,6-7H2,1-2H3,(H,14,16,21). The zero-order chi connectivity index (χ0) is 16.9. The van der Waals surface area contributed by atoms with E-state index in [0.29, 0.717) is 17.6 Å². The van der Waals surface area contributed by atoms with Crippen LogP contribution in [0, 0.1) is 0 Å². The Bertz CT molecular complexity index is 797. The molecule has 0 unspecified atom stereocenters. The summed E-state index contributed by atoms with van der Waals surface area (Å²) in [7, 11) is 0. The topological polar surface area (TPSA) is 112 Å². The van der Waals surface area contributed by atoms with Crippen LogP contribution in [0.1, 0.15) is 30.5 Å². The van der Waals surface area contributed by atoms with Crippen molar-refractivity contribution in [2.75, 3.05) is 11.1 Å². The number of amides is 1. The molecule has 126 valence electrons. The SMILES string of the molecule is CC(C)c1nnc(NC(=O)CSc2nnnn2Cc2cccs2)o1. The second-order valence-electron chi connectivity index (χ2n) is 5.14. The summed E-state index contributed by atoms with van der Waals surface area (Å²) in [6.45, 7) is 4.45. The molecule has 0 aromatic carbocycles. The number of carbonyl (C=O) groups excluding carboxylic acids is 1. The summed E-state index contributed by atoms with van der Waals surface area (Å²) in [6.07, 6.45) is 0. The van der Waals surface area contributed by atoms with E-state index in [4.69, 9.17) is 4.42 Å². The number of thiophene rings is 1. The first kappa shape index (κ1) is 16.6. The number of nitrogens with zero attached hydrogens (tertiary/aromatic N) is 6. The minimum atomic E-state index is -0.260. The molecule has 0 aliphatic heterocycles. The van der Waals surface area contributed by atoms with Crippen LogP contribution in [0.25, 0.3) is 0 Å². The van der Waals surface area contributed by atoms with E-state index in [1.165, 1.54) is 11.8 Å². The average Bonchev–Trinajstić information content (AvgIpc) is 3.27. The molecule has 1 N–H and O–H groups in total. The zero-order valence-electron chi connectivity index (χ0n) is 13.0. The molecular formula is C13H15N7O2S2. The molecule has 1 amide bonds. The van der Waals surface area contributed by atoms with Crippen molar-refractivity contribution < 1.29 is 9.21 Å². The number of carbonyl (C=O) groups is 1. The largest absolute Gasteiger partial charge is 0.408 e. The van der Waals surface area contributed by atoms with Crippen molar-refractivity contribution in [3.63, 3.8) is 0 Å². The highest BCUT2D eigenvalue weighted by Crippen LogP contribution is 2.18. The number of nitrogens with one attached hydrogen (secondary N) is 1. The Kier molecular flexibility index (Phi) is 5.20. The van der Waals surface area contributed by atoms with Gasteiger partial charge in [0.05, 0.1) is 12.3 Å². The Hall–Kier alpha value is -2.27. The number of thioether (sulfide) groups is 1. The fourth-order valence-corrected chi connectivity index (χ4v) is 3.12. The van der Waals surface area contributed by atoms with Crippen LogP contribution in [0.3, 0.4) is 0 Å². The lowest BCUT2D eigenvalue weighted by molar-refractivity contribution is -0.113. The summed E-state index contributed by atoms with van der Waals surface area (Å²) in [5.74, 6) is 0.478. The maximum absolute atomic E-state index is 12.0. The molecule has 3 heterocycles. The molecule has 24 heavy (non-hydrogen) atoms. The molecule has 0 saturated carbocycles. The quantitative estimate of drug-likeness (QED) is 0.633. The van der Waals surface area contributed by atoms with Crippen molar-refractivity contribution in [3.05, 3.63) is 28.3 Å². The molecule has 0 radical (unpaired) electrons. The van der Waals surface area contributed by atoms with E-state index in [1.807, 2.05) is 31.4 Å². The third-order valence-electron chi connectivity index (χ3n) is 2.90. The summed E-state index contributed by atoms with van der Waals surface area (Å²) >= 11 is 2.87. The first-order valence-electron chi connectivity index (χ1n) is 7.16. The first-order valence-corrected chi connectivity index (χ1v) is 9.03. The maximum Gasteiger partial charge on any atom is 0.322 e. The second kappa shape index (κ2) is 7.53. The second-order valence-corrected chi connectivity index (χ2v) is 7.11. The number of tetrazole rings is 1. The summed E-state index contributed by atoms with van der Waals surface area (Å²) in [5.41, 5.74) is 0. The smallest absolute Gasteiger partial charge is 0.322 e. The van der Waals surface area contributed by atoms with E-state index in [9.17, 15) is 4.79 Å². The monoisotopic (exact) mass is 365 g/mol.